The zero-order valence-electron chi connectivity index (χ0n) is 11.3. The van der Waals surface area contributed by atoms with E-state index in [0.29, 0.717) is 5.41 Å². The Morgan fingerprint density at radius 1 is 1.00 bits per heavy atom. The van der Waals surface area contributed by atoms with Crippen LogP contribution in [0.25, 0.3) is 11.1 Å². The second-order valence-corrected chi connectivity index (χ2v) is 6.16. The Kier molecular flexibility index (Phi) is 2.54. The molecule has 1 aromatic carbocycles. The van der Waals surface area contributed by atoms with Crippen molar-refractivity contribution in [1.29, 1.82) is 0 Å². The van der Waals surface area contributed by atoms with Crippen molar-refractivity contribution in [3.8, 4) is 0 Å². The van der Waals surface area contributed by atoms with Gasteiger partial charge in [-0.2, -0.15) is 4.98 Å². The van der Waals surface area contributed by atoms with Gasteiger partial charge in [-0.3, -0.25) is 0 Å². The summed E-state index contributed by atoms with van der Waals surface area (Å²) < 4.78 is 5.87. The Bertz CT molecular complexity index is 540. The molecule has 4 rings (SSSR count). The molecule has 1 aromatic heterocycles. The first-order valence-electron chi connectivity index (χ1n) is 7.45. The van der Waals surface area contributed by atoms with Gasteiger partial charge in [-0.05, 0) is 43.2 Å². The number of fused-ring (bicyclic) bond motifs is 1. The van der Waals surface area contributed by atoms with Crippen molar-refractivity contribution in [3.05, 3.63) is 24.3 Å². The average molecular weight is 256 g/mol. The lowest BCUT2D eigenvalue weighted by molar-refractivity contribution is 0.223. The second-order valence-electron chi connectivity index (χ2n) is 6.16. The van der Waals surface area contributed by atoms with Crippen LogP contribution in [0.1, 0.15) is 38.5 Å². The van der Waals surface area contributed by atoms with Gasteiger partial charge in [0, 0.05) is 13.1 Å². The second kappa shape index (κ2) is 4.26. The van der Waals surface area contributed by atoms with E-state index < -0.39 is 0 Å². The maximum absolute atomic E-state index is 5.87. The molecule has 2 fully saturated rings. The third-order valence-corrected chi connectivity index (χ3v) is 5.04. The van der Waals surface area contributed by atoms with Crippen LogP contribution in [0.2, 0.25) is 0 Å². The van der Waals surface area contributed by atoms with Gasteiger partial charge in [0.25, 0.3) is 6.01 Å². The maximum Gasteiger partial charge on any atom is 0.298 e. The summed E-state index contributed by atoms with van der Waals surface area (Å²) in [5.74, 6) is 0. The molecular weight excluding hydrogens is 236 g/mol. The van der Waals surface area contributed by atoms with E-state index in [1.54, 1.807) is 0 Å². The van der Waals surface area contributed by atoms with Gasteiger partial charge in [0.15, 0.2) is 5.58 Å². The monoisotopic (exact) mass is 256 g/mol. The molecule has 0 radical (unpaired) electrons. The smallest absolute Gasteiger partial charge is 0.298 e. The predicted octanol–water partition coefficient (Wildman–Crippen LogP) is 3.99. The lowest BCUT2D eigenvalue weighted by Crippen LogP contribution is -2.39. The first kappa shape index (κ1) is 11.3. The number of para-hydroxylation sites is 2. The van der Waals surface area contributed by atoms with Gasteiger partial charge < -0.3 is 9.32 Å². The molecule has 1 aliphatic carbocycles. The molecule has 0 unspecified atom stereocenters. The molecule has 1 saturated carbocycles. The molecule has 100 valence electrons. The Hall–Kier alpha value is -1.51. The molecule has 1 aliphatic heterocycles. The highest BCUT2D eigenvalue weighted by Gasteiger charge is 2.37. The van der Waals surface area contributed by atoms with Gasteiger partial charge in [0.1, 0.15) is 5.52 Å². The summed E-state index contributed by atoms with van der Waals surface area (Å²) in [5.41, 5.74) is 2.53. The average Bonchev–Trinajstić information content (AvgIpc) is 3.06. The van der Waals surface area contributed by atoms with Crippen LogP contribution in [0.4, 0.5) is 6.01 Å². The fourth-order valence-electron chi connectivity index (χ4n) is 3.79. The summed E-state index contributed by atoms with van der Waals surface area (Å²) in [6.45, 7) is 2.21. The van der Waals surface area contributed by atoms with Crippen LogP contribution in [0, 0.1) is 5.41 Å². The van der Waals surface area contributed by atoms with Crippen LogP contribution in [-0.4, -0.2) is 18.1 Å². The molecular formula is C16H20N2O. The standard InChI is InChI=1S/C16H20N2O/c1-2-6-14-13(5-1)17-15(19-14)18-11-9-16(10-12-18)7-3-4-8-16/h1-2,5-6H,3-4,7-12H2. The molecule has 1 spiro atoms. The molecule has 0 amide bonds. The van der Waals surface area contributed by atoms with Gasteiger partial charge in [0.05, 0.1) is 0 Å². The van der Waals surface area contributed by atoms with E-state index in [4.69, 9.17) is 4.42 Å². The van der Waals surface area contributed by atoms with Crippen molar-refractivity contribution in [2.24, 2.45) is 5.41 Å². The Morgan fingerprint density at radius 2 is 1.74 bits per heavy atom. The van der Waals surface area contributed by atoms with Gasteiger partial charge in [0.2, 0.25) is 0 Å². The summed E-state index contributed by atoms with van der Waals surface area (Å²) in [7, 11) is 0. The summed E-state index contributed by atoms with van der Waals surface area (Å²) >= 11 is 0. The van der Waals surface area contributed by atoms with E-state index in [0.717, 1.165) is 30.2 Å². The summed E-state index contributed by atoms with van der Waals surface area (Å²) in [4.78, 5) is 6.93. The molecule has 2 aromatic rings. The zero-order chi connectivity index (χ0) is 12.7. The van der Waals surface area contributed by atoms with E-state index in [9.17, 15) is 0 Å². The summed E-state index contributed by atoms with van der Waals surface area (Å²) in [6.07, 6.45) is 8.37. The first-order valence-corrected chi connectivity index (χ1v) is 7.45. The number of aromatic nitrogens is 1. The molecule has 3 nitrogen and oxygen atoms in total. The quantitative estimate of drug-likeness (QED) is 0.772. The van der Waals surface area contributed by atoms with Crippen LogP contribution < -0.4 is 4.90 Å². The predicted molar refractivity (Wildman–Crippen MR) is 76.4 cm³/mol. The maximum atomic E-state index is 5.87. The lowest BCUT2D eigenvalue weighted by Gasteiger charge is -2.38. The van der Waals surface area contributed by atoms with Crippen molar-refractivity contribution in [2.45, 2.75) is 38.5 Å². The highest BCUT2D eigenvalue weighted by atomic mass is 16.4. The highest BCUT2D eigenvalue weighted by Crippen LogP contribution is 2.46. The number of nitrogens with zero attached hydrogens (tertiary/aromatic N) is 2. The first-order chi connectivity index (χ1) is 9.35. The van der Waals surface area contributed by atoms with Gasteiger partial charge >= 0.3 is 0 Å². The molecule has 0 bridgehead atoms. The molecule has 0 N–H and O–H groups in total. The summed E-state index contributed by atoms with van der Waals surface area (Å²) in [6, 6.07) is 8.84. The van der Waals surface area contributed by atoms with Crippen LogP contribution in [-0.2, 0) is 0 Å². The van der Waals surface area contributed by atoms with Crippen molar-refractivity contribution in [2.75, 3.05) is 18.0 Å². The number of oxazole rings is 1. The van der Waals surface area contributed by atoms with E-state index in [1.807, 2.05) is 24.3 Å². The number of hydrogen-bond acceptors (Lipinski definition) is 3. The Labute approximate surface area is 113 Å². The minimum absolute atomic E-state index is 0.655. The SMILES string of the molecule is c1ccc2oc(N3CCC4(CCCC4)CC3)nc2c1. The topological polar surface area (TPSA) is 29.3 Å². The van der Waals surface area contributed by atoms with Gasteiger partial charge in [-0.15, -0.1) is 0 Å². The molecule has 19 heavy (non-hydrogen) atoms. The van der Waals surface area contributed by atoms with Crippen LogP contribution in [0.15, 0.2) is 28.7 Å². The third kappa shape index (κ3) is 1.92. The van der Waals surface area contributed by atoms with Crippen molar-refractivity contribution < 1.29 is 4.42 Å². The molecule has 1 saturated heterocycles. The van der Waals surface area contributed by atoms with E-state index in [1.165, 1.54) is 38.5 Å². The van der Waals surface area contributed by atoms with E-state index in [2.05, 4.69) is 9.88 Å². The number of benzene rings is 1. The molecule has 2 aliphatic rings. The lowest BCUT2D eigenvalue weighted by atomic mass is 9.77. The molecule has 0 atom stereocenters. The van der Waals surface area contributed by atoms with Crippen LogP contribution >= 0.6 is 0 Å². The Balaban J connectivity index is 1.54. The molecule has 3 heteroatoms. The highest BCUT2D eigenvalue weighted by molar-refractivity contribution is 5.74. The Morgan fingerprint density at radius 3 is 2.47 bits per heavy atom. The molecule has 2 heterocycles. The van der Waals surface area contributed by atoms with Crippen LogP contribution in [0.5, 0.6) is 0 Å². The number of anilines is 1. The number of rotatable bonds is 1. The fourth-order valence-corrected chi connectivity index (χ4v) is 3.79. The third-order valence-electron chi connectivity index (χ3n) is 5.04. The number of hydrogen-bond donors (Lipinski definition) is 0. The van der Waals surface area contributed by atoms with Crippen LogP contribution in [0.3, 0.4) is 0 Å². The van der Waals surface area contributed by atoms with Gasteiger partial charge in [-0.25, -0.2) is 0 Å². The van der Waals surface area contributed by atoms with Crippen molar-refractivity contribution in [1.82, 2.24) is 4.98 Å². The largest absolute Gasteiger partial charge is 0.423 e. The van der Waals surface area contributed by atoms with E-state index >= 15 is 0 Å². The van der Waals surface area contributed by atoms with Gasteiger partial charge in [-0.1, -0.05) is 25.0 Å². The van der Waals surface area contributed by atoms with Crippen molar-refractivity contribution >= 4 is 17.1 Å². The fraction of sp³-hybridized carbons (Fsp3) is 0.562. The normalized spacial score (nSPS) is 22.4. The number of piperidine rings is 1. The minimum Gasteiger partial charge on any atom is -0.423 e. The van der Waals surface area contributed by atoms with E-state index in [-0.39, 0.29) is 0 Å². The minimum atomic E-state index is 0.655. The summed E-state index contributed by atoms with van der Waals surface area (Å²) in [5, 5.41) is 0. The van der Waals surface area contributed by atoms with Crippen molar-refractivity contribution in [3.63, 3.8) is 0 Å². The zero-order valence-corrected chi connectivity index (χ0v) is 11.3.